The number of hydrogen-bond acceptors (Lipinski definition) is 9. The van der Waals surface area contributed by atoms with Gasteiger partial charge in [0.15, 0.2) is 11.5 Å². The van der Waals surface area contributed by atoms with Crippen molar-refractivity contribution in [3.8, 4) is 17.2 Å². The molecule has 3 aromatic rings. The number of aryl methyl sites for hydroxylation is 1. The molecule has 3 aromatic carbocycles. The first-order valence-corrected chi connectivity index (χ1v) is 10.9. The Morgan fingerprint density at radius 2 is 1.55 bits per heavy atom. The Kier molecular flexibility index (Phi) is 6.83. The summed E-state index contributed by atoms with van der Waals surface area (Å²) in [7, 11) is 1.31. The van der Waals surface area contributed by atoms with Gasteiger partial charge in [-0.25, -0.2) is 9.69 Å². The molecule has 1 N–H and O–H groups in total. The summed E-state index contributed by atoms with van der Waals surface area (Å²) in [6.07, 6.45) is 1.26. The highest BCUT2D eigenvalue weighted by atomic mass is 16.6. The number of carbonyl (C=O) groups is 3. The van der Waals surface area contributed by atoms with Crippen molar-refractivity contribution in [1.29, 1.82) is 0 Å². The third-order valence-corrected chi connectivity index (χ3v) is 5.46. The molecule has 0 bridgehead atoms. The lowest BCUT2D eigenvalue weighted by Gasteiger charge is -2.26. The van der Waals surface area contributed by atoms with E-state index in [1.807, 2.05) is 6.92 Å². The van der Waals surface area contributed by atoms with E-state index in [-0.39, 0.29) is 28.5 Å². The number of benzene rings is 3. The van der Waals surface area contributed by atoms with E-state index < -0.39 is 39.1 Å². The van der Waals surface area contributed by atoms with Crippen molar-refractivity contribution in [2.45, 2.75) is 6.92 Å². The molecule has 13 heteroatoms. The number of barbiturate groups is 1. The quantitative estimate of drug-likeness (QED) is 0.207. The van der Waals surface area contributed by atoms with Crippen LogP contribution >= 0.6 is 0 Å². The third kappa shape index (κ3) is 5.02. The van der Waals surface area contributed by atoms with Gasteiger partial charge in [0.25, 0.3) is 17.5 Å². The summed E-state index contributed by atoms with van der Waals surface area (Å²) in [6.45, 7) is 1.84. The van der Waals surface area contributed by atoms with E-state index in [9.17, 15) is 34.6 Å². The van der Waals surface area contributed by atoms with Crippen molar-refractivity contribution < 1.29 is 33.7 Å². The minimum atomic E-state index is -0.885. The summed E-state index contributed by atoms with van der Waals surface area (Å²) in [6, 6.07) is 12.9. The van der Waals surface area contributed by atoms with E-state index in [1.165, 1.54) is 31.4 Å². The normalized spacial score (nSPS) is 14.3. The number of hydrogen-bond donors (Lipinski definition) is 1. The Labute approximate surface area is 214 Å². The van der Waals surface area contributed by atoms with Crippen molar-refractivity contribution in [3.63, 3.8) is 0 Å². The Hall–Kier alpha value is -5.59. The predicted octanol–water partition coefficient (Wildman–Crippen LogP) is 4.28. The van der Waals surface area contributed by atoms with Crippen LogP contribution in [0, 0.1) is 27.2 Å². The highest BCUT2D eigenvalue weighted by Gasteiger charge is 2.36. The van der Waals surface area contributed by atoms with Gasteiger partial charge in [-0.05, 0) is 48.9 Å². The van der Waals surface area contributed by atoms with Gasteiger partial charge in [0.1, 0.15) is 5.57 Å². The molecule has 192 valence electrons. The zero-order chi connectivity index (χ0) is 27.6. The second kappa shape index (κ2) is 10.2. The van der Waals surface area contributed by atoms with Gasteiger partial charge < -0.3 is 9.47 Å². The van der Waals surface area contributed by atoms with Crippen LogP contribution in [-0.2, 0) is 9.59 Å². The number of non-ortho nitro benzene ring substituents is 1. The van der Waals surface area contributed by atoms with Gasteiger partial charge in [0, 0.05) is 6.07 Å². The molecular weight excluding hydrogens is 500 g/mol. The number of nitro benzene ring substituents is 2. The number of methoxy groups -OCH3 is 1. The summed E-state index contributed by atoms with van der Waals surface area (Å²) in [5, 5.41) is 24.5. The smallest absolute Gasteiger partial charge is 0.335 e. The lowest BCUT2D eigenvalue weighted by atomic mass is 10.1. The molecule has 1 heterocycles. The Bertz CT molecular complexity index is 1530. The maximum absolute atomic E-state index is 13.1. The Morgan fingerprint density at radius 1 is 0.868 bits per heavy atom. The number of ether oxygens (including phenoxy) is 2. The number of amides is 4. The average Bonchev–Trinajstić information content (AvgIpc) is 2.88. The molecule has 0 aliphatic carbocycles. The van der Waals surface area contributed by atoms with Crippen LogP contribution in [0.25, 0.3) is 6.08 Å². The molecule has 1 saturated heterocycles. The van der Waals surface area contributed by atoms with E-state index in [2.05, 4.69) is 5.32 Å². The molecule has 0 radical (unpaired) electrons. The molecule has 1 aliphatic heterocycles. The molecule has 1 aliphatic rings. The summed E-state index contributed by atoms with van der Waals surface area (Å²) in [5.41, 5.74) is 0.0989. The number of carbonyl (C=O) groups excluding carboxylic acids is 3. The van der Waals surface area contributed by atoms with Crippen LogP contribution in [0.4, 0.5) is 21.9 Å². The van der Waals surface area contributed by atoms with E-state index in [0.29, 0.717) is 5.56 Å². The van der Waals surface area contributed by atoms with Crippen LogP contribution in [0.15, 0.2) is 66.2 Å². The number of imide groups is 2. The summed E-state index contributed by atoms with van der Waals surface area (Å²) < 4.78 is 10.9. The highest BCUT2D eigenvalue weighted by Crippen LogP contribution is 2.38. The van der Waals surface area contributed by atoms with Gasteiger partial charge in [-0.1, -0.05) is 23.8 Å². The van der Waals surface area contributed by atoms with Gasteiger partial charge in [-0.3, -0.25) is 35.1 Å². The minimum absolute atomic E-state index is 0.0301. The lowest BCUT2D eigenvalue weighted by Crippen LogP contribution is -2.54. The van der Waals surface area contributed by atoms with Gasteiger partial charge in [0.05, 0.1) is 28.7 Å². The zero-order valence-electron chi connectivity index (χ0n) is 19.9. The molecule has 4 amide bonds. The SMILES string of the molecule is COc1cc(/C=C2\C(=O)NC(=O)N(c3ccc(C)cc3)C2=O)ccc1Oc1ccc([N+](=O)[O-])cc1[N+](=O)[O-]. The van der Waals surface area contributed by atoms with Crippen molar-refractivity contribution in [3.05, 3.63) is 97.6 Å². The summed E-state index contributed by atoms with van der Waals surface area (Å²) in [4.78, 5) is 59.6. The Balaban J connectivity index is 1.66. The maximum Gasteiger partial charge on any atom is 0.335 e. The van der Waals surface area contributed by atoms with Crippen LogP contribution in [0.1, 0.15) is 11.1 Å². The first kappa shape index (κ1) is 25.5. The van der Waals surface area contributed by atoms with Gasteiger partial charge in [0.2, 0.25) is 5.75 Å². The summed E-state index contributed by atoms with van der Waals surface area (Å²) >= 11 is 0. The second-order valence-electron chi connectivity index (χ2n) is 7.97. The van der Waals surface area contributed by atoms with Crippen LogP contribution in [0.5, 0.6) is 17.2 Å². The molecule has 0 aromatic heterocycles. The number of nitro groups is 2. The van der Waals surface area contributed by atoms with E-state index in [0.717, 1.165) is 28.7 Å². The molecule has 0 spiro atoms. The van der Waals surface area contributed by atoms with E-state index in [4.69, 9.17) is 9.47 Å². The largest absolute Gasteiger partial charge is 0.493 e. The monoisotopic (exact) mass is 518 g/mol. The van der Waals surface area contributed by atoms with Gasteiger partial charge in [-0.15, -0.1) is 0 Å². The summed E-state index contributed by atoms with van der Waals surface area (Å²) in [5.74, 6) is -1.86. The van der Waals surface area contributed by atoms with Crippen molar-refractivity contribution in [2.24, 2.45) is 0 Å². The van der Waals surface area contributed by atoms with Crippen LogP contribution in [0.2, 0.25) is 0 Å². The van der Waals surface area contributed by atoms with Gasteiger partial charge in [-0.2, -0.15) is 0 Å². The third-order valence-electron chi connectivity index (χ3n) is 5.46. The number of urea groups is 1. The highest BCUT2D eigenvalue weighted by molar-refractivity contribution is 6.39. The lowest BCUT2D eigenvalue weighted by molar-refractivity contribution is -0.394. The number of nitrogens with one attached hydrogen (secondary N) is 1. The first-order chi connectivity index (χ1) is 18.1. The number of anilines is 1. The standard InChI is InChI=1S/C25H18N4O9/c1-14-3-6-16(7-4-14)27-24(31)18(23(30)26-25(27)32)11-15-5-9-21(22(12-15)37-2)38-20-10-8-17(28(33)34)13-19(20)29(35)36/h3-13H,1-2H3,(H,26,30,32)/b18-11+. The zero-order valence-corrected chi connectivity index (χ0v) is 19.9. The van der Waals surface area contributed by atoms with Crippen LogP contribution in [0.3, 0.4) is 0 Å². The maximum atomic E-state index is 13.1. The van der Waals surface area contributed by atoms with E-state index in [1.54, 1.807) is 24.3 Å². The van der Waals surface area contributed by atoms with Crippen molar-refractivity contribution >= 4 is 41.0 Å². The molecule has 13 nitrogen and oxygen atoms in total. The fourth-order valence-electron chi connectivity index (χ4n) is 3.58. The first-order valence-electron chi connectivity index (χ1n) is 10.9. The second-order valence-corrected chi connectivity index (χ2v) is 7.97. The molecule has 4 rings (SSSR count). The van der Waals surface area contributed by atoms with Gasteiger partial charge >= 0.3 is 11.7 Å². The minimum Gasteiger partial charge on any atom is -0.493 e. The molecule has 1 fully saturated rings. The topological polar surface area (TPSA) is 171 Å². The van der Waals surface area contributed by atoms with Crippen molar-refractivity contribution in [2.75, 3.05) is 12.0 Å². The van der Waals surface area contributed by atoms with Crippen molar-refractivity contribution in [1.82, 2.24) is 5.32 Å². The molecular formula is C25H18N4O9. The van der Waals surface area contributed by atoms with Crippen LogP contribution < -0.4 is 19.7 Å². The number of rotatable bonds is 7. The average molecular weight is 518 g/mol. The molecule has 0 unspecified atom stereocenters. The number of nitrogens with zero attached hydrogens (tertiary/aromatic N) is 3. The fourth-order valence-corrected chi connectivity index (χ4v) is 3.58. The predicted molar refractivity (Wildman–Crippen MR) is 133 cm³/mol. The Morgan fingerprint density at radius 3 is 2.18 bits per heavy atom. The molecule has 38 heavy (non-hydrogen) atoms. The fraction of sp³-hybridized carbons (Fsp3) is 0.0800. The van der Waals surface area contributed by atoms with Crippen LogP contribution in [-0.4, -0.2) is 34.8 Å². The molecule has 0 atom stereocenters. The van der Waals surface area contributed by atoms with E-state index >= 15 is 0 Å². The molecule has 0 saturated carbocycles.